The Labute approximate surface area is 174 Å². The van der Waals surface area contributed by atoms with Gasteiger partial charge in [-0.25, -0.2) is 0 Å². The normalized spacial score (nSPS) is 20.2. The monoisotopic (exact) mass is 392 g/mol. The number of aldehydes is 1. The molecular weight excluding hydrogens is 360 g/mol. The van der Waals surface area contributed by atoms with Crippen LogP contribution in [0.1, 0.15) is 37.3 Å². The van der Waals surface area contributed by atoms with Gasteiger partial charge in [0.15, 0.2) is 0 Å². The standard InChI is InChI=1S/C25H32N2O2/c1-20-14-15-21(19-28)18-27(20)17-16-25(24(29)26(2)3,22-10-6-4-7-11-22)23-12-8-5-9-13-23/h4-13,19-21H,14-18H2,1-3H3. The van der Waals surface area contributed by atoms with Crippen molar-refractivity contribution in [1.82, 2.24) is 9.80 Å². The van der Waals surface area contributed by atoms with E-state index in [2.05, 4.69) is 36.1 Å². The molecule has 1 aliphatic heterocycles. The van der Waals surface area contributed by atoms with E-state index in [1.165, 1.54) is 0 Å². The van der Waals surface area contributed by atoms with Gasteiger partial charge in [-0.1, -0.05) is 60.7 Å². The third-order valence-electron chi connectivity index (χ3n) is 6.32. The summed E-state index contributed by atoms with van der Waals surface area (Å²) >= 11 is 0. The predicted octanol–water partition coefficient (Wildman–Crippen LogP) is 3.75. The van der Waals surface area contributed by atoms with Crippen LogP contribution in [0.4, 0.5) is 0 Å². The van der Waals surface area contributed by atoms with Crippen molar-refractivity contribution < 1.29 is 9.59 Å². The van der Waals surface area contributed by atoms with E-state index in [0.29, 0.717) is 12.5 Å². The van der Waals surface area contributed by atoms with Crippen molar-refractivity contribution >= 4 is 12.2 Å². The molecule has 1 fully saturated rings. The van der Waals surface area contributed by atoms with Gasteiger partial charge >= 0.3 is 0 Å². The number of rotatable bonds is 7. The second-order valence-electron chi connectivity index (χ2n) is 8.40. The maximum Gasteiger partial charge on any atom is 0.237 e. The number of hydrogen-bond acceptors (Lipinski definition) is 3. The minimum absolute atomic E-state index is 0.0894. The molecule has 1 saturated heterocycles. The molecule has 1 aliphatic rings. The molecule has 0 N–H and O–H groups in total. The van der Waals surface area contributed by atoms with Crippen LogP contribution in [-0.4, -0.2) is 55.2 Å². The average Bonchev–Trinajstić information content (AvgIpc) is 2.76. The summed E-state index contributed by atoms with van der Waals surface area (Å²) in [5.74, 6) is 0.185. The van der Waals surface area contributed by atoms with E-state index in [1.54, 1.807) is 4.90 Å². The van der Waals surface area contributed by atoms with E-state index in [4.69, 9.17) is 0 Å². The van der Waals surface area contributed by atoms with Gasteiger partial charge in [-0.3, -0.25) is 9.69 Å². The summed E-state index contributed by atoms with van der Waals surface area (Å²) in [7, 11) is 3.66. The average molecular weight is 393 g/mol. The maximum atomic E-state index is 13.7. The van der Waals surface area contributed by atoms with E-state index in [9.17, 15) is 9.59 Å². The van der Waals surface area contributed by atoms with E-state index in [1.807, 2.05) is 50.5 Å². The predicted molar refractivity (Wildman–Crippen MR) is 117 cm³/mol. The zero-order valence-electron chi connectivity index (χ0n) is 17.8. The van der Waals surface area contributed by atoms with Gasteiger partial charge in [-0.2, -0.15) is 0 Å². The lowest BCUT2D eigenvalue weighted by molar-refractivity contribution is -0.134. The molecule has 3 rings (SSSR count). The Bertz CT molecular complexity index is 765. The van der Waals surface area contributed by atoms with Crippen molar-refractivity contribution in [1.29, 1.82) is 0 Å². The van der Waals surface area contributed by atoms with Gasteiger partial charge in [0.25, 0.3) is 0 Å². The van der Waals surface area contributed by atoms with Crippen molar-refractivity contribution in [2.45, 2.75) is 37.6 Å². The molecule has 29 heavy (non-hydrogen) atoms. The van der Waals surface area contributed by atoms with E-state index in [0.717, 1.165) is 43.3 Å². The van der Waals surface area contributed by atoms with Crippen LogP contribution in [0.15, 0.2) is 60.7 Å². The zero-order valence-corrected chi connectivity index (χ0v) is 17.8. The summed E-state index contributed by atoms with van der Waals surface area (Å²) in [6.45, 7) is 3.77. The van der Waals surface area contributed by atoms with Crippen LogP contribution in [0.5, 0.6) is 0 Å². The highest BCUT2D eigenvalue weighted by molar-refractivity contribution is 5.91. The number of hydrogen-bond donors (Lipinski definition) is 0. The first-order chi connectivity index (χ1) is 14.0. The molecular formula is C25H32N2O2. The third-order valence-corrected chi connectivity index (χ3v) is 6.32. The molecule has 0 radical (unpaired) electrons. The number of likely N-dealkylation sites (tertiary alicyclic amines) is 1. The Balaban J connectivity index is 2.02. The second kappa shape index (κ2) is 9.36. The molecule has 0 aromatic heterocycles. The molecule has 1 heterocycles. The Morgan fingerprint density at radius 2 is 1.59 bits per heavy atom. The number of carbonyl (C=O) groups is 2. The number of piperidine rings is 1. The van der Waals surface area contributed by atoms with Gasteiger partial charge in [0, 0.05) is 39.1 Å². The molecule has 0 bridgehead atoms. The first-order valence-electron chi connectivity index (χ1n) is 10.5. The van der Waals surface area contributed by atoms with Crippen molar-refractivity contribution in [3.05, 3.63) is 71.8 Å². The largest absolute Gasteiger partial charge is 0.348 e. The Kier molecular flexibility index (Phi) is 6.86. The first kappa shape index (κ1) is 21.3. The van der Waals surface area contributed by atoms with Gasteiger partial charge in [-0.15, -0.1) is 0 Å². The molecule has 2 aromatic carbocycles. The summed E-state index contributed by atoms with van der Waals surface area (Å²) in [5.41, 5.74) is 1.28. The Hall–Kier alpha value is -2.46. The van der Waals surface area contributed by atoms with Crippen LogP contribution >= 0.6 is 0 Å². The molecule has 4 nitrogen and oxygen atoms in total. The number of nitrogens with zero attached hydrogens (tertiary/aromatic N) is 2. The van der Waals surface area contributed by atoms with Gasteiger partial charge < -0.3 is 9.69 Å². The minimum atomic E-state index is -0.750. The molecule has 0 saturated carbocycles. The quantitative estimate of drug-likeness (QED) is 0.674. The van der Waals surface area contributed by atoms with Crippen molar-refractivity contribution in [3.8, 4) is 0 Å². The molecule has 4 heteroatoms. The molecule has 0 aliphatic carbocycles. The number of likely N-dealkylation sites (N-methyl/N-ethyl adjacent to an activating group) is 1. The number of carbonyl (C=O) groups excluding carboxylic acids is 2. The highest BCUT2D eigenvalue weighted by Crippen LogP contribution is 2.38. The highest BCUT2D eigenvalue weighted by atomic mass is 16.2. The summed E-state index contributed by atoms with van der Waals surface area (Å²) < 4.78 is 0. The van der Waals surface area contributed by atoms with Gasteiger partial charge in [0.05, 0.1) is 0 Å². The summed E-state index contributed by atoms with van der Waals surface area (Å²) in [5, 5.41) is 0. The summed E-state index contributed by atoms with van der Waals surface area (Å²) in [6.07, 6.45) is 3.74. The molecule has 154 valence electrons. The highest BCUT2D eigenvalue weighted by Gasteiger charge is 2.43. The smallest absolute Gasteiger partial charge is 0.237 e. The SMILES string of the molecule is CC1CCC(C=O)CN1CCC(C(=O)N(C)C)(c1ccccc1)c1ccccc1. The Morgan fingerprint density at radius 1 is 1.03 bits per heavy atom. The summed E-state index contributed by atoms with van der Waals surface area (Å²) in [6, 6.07) is 20.6. The van der Waals surface area contributed by atoms with Crippen LogP contribution in [-0.2, 0) is 15.0 Å². The van der Waals surface area contributed by atoms with Crippen LogP contribution in [0.2, 0.25) is 0 Å². The van der Waals surface area contributed by atoms with Crippen LogP contribution in [0, 0.1) is 5.92 Å². The fraction of sp³-hybridized carbons (Fsp3) is 0.440. The lowest BCUT2D eigenvalue weighted by atomic mass is 9.70. The van der Waals surface area contributed by atoms with Crippen molar-refractivity contribution in [3.63, 3.8) is 0 Å². The van der Waals surface area contributed by atoms with Crippen LogP contribution in [0.25, 0.3) is 0 Å². The number of amides is 1. The topological polar surface area (TPSA) is 40.6 Å². The summed E-state index contributed by atoms with van der Waals surface area (Å²) in [4.78, 5) is 29.1. The van der Waals surface area contributed by atoms with Gasteiger partial charge in [0.2, 0.25) is 5.91 Å². The molecule has 2 atom stereocenters. The number of benzene rings is 2. The molecule has 2 aromatic rings. The maximum absolute atomic E-state index is 13.7. The van der Waals surface area contributed by atoms with Crippen molar-refractivity contribution in [2.24, 2.45) is 5.92 Å². The van der Waals surface area contributed by atoms with Crippen LogP contribution in [0.3, 0.4) is 0 Å². The third kappa shape index (κ3) is 4.43. The molecule has 1 amide bonds. The lowest BCUT2D eigenvalue weighted by Gasteiger charge is -2.41. The van der Waals surface area contributed by atoms with E-state index < -0.39 is 5.41 Å². The van der Waals surface area contributed by atoms with Gasteiger partial charge in [-0.05, 0) is 37.3 Å². The first-order valence-corrected chi connectivity index (χ1v) is 10.5. The fourth-order valence-corrected chi connectivity index (χ4v) is 4.58. The second-order valence-corrected chi connectivity index (χ2v) is 8.40. The minimum Gasteiger partial charge on any atom is -0.348 e. The van der Waals surface area contributed by atoms with E-state index >= 15 is 0 Å². The van der Waals surface area contributed by atoms with Gasteiger partial charge in [0.1, 0.15) is 11.7 Å². The fourth-order valence-electron chi connectivity index (χ4n) is 4.58. The van der Waals surface area contributed by atoms with E-state index in [-0.39, 0.29) is 11.8 Å². The molecule has 0 spiro atoms. The van der Waals surface area contributed by atoms with Crippen LogP contribution < -0.4 is 0 Å². The molecule has 2 unspecified atom stereocenters. The van der Waals surface area contributed by atoms with Crippen molar-refractivity contribution in [2.75, 3.05) is 27.2 Å². The Morgan fingerprint density at radius 3 is 2.07 bits per heavy atom. The zero-order chi connectivity index (χ0) is 20.9. The lowest BCUT2D eigenvalue weighted by Crippen LogP contribution is -2.49.